The lowest BCUT2D eigenvalue weighted by molar-refractivity contribution is 0.249. The van der Waals surface area contributed by atoms with Crippen LogP contribution in [0, 0.1) is 0 Å². The molecule has 2 aromatic rings. The Kier molecular flexibility index (Phi) is 3.69. The molecule has 1 atom stereocenters. The van der Waals surface area contributed by atoms with E-state index in [0.717, 1.165) is 5.56 Å². The van der Waals surface area contributed by atoms with Gasteiger partial charge < -0.3 is 20.6 Å². The normalized spacial score (nSPS) is 12.4. The first kappa shape index (κ1) is 11.6. The van der Waals surface area contributed by atoms with Crippen molar-refractivity contribution in [2.24, 2.45) is 5.73 Å². The molecule has 1 unspecified atom stereocenters. The molecule has 1 aromatic carbocycles. The van der Waals surface area contributed by atoms with Crippen LogP contribution in [0.1, 0.15) is 17.5 Å². The average Bonchev–Trinajstić information content (AvgIpc) is 2.85. The fraction of sp³-hybridized carbons (Fsp3) is 0.273. The maximum atomic E-state index is 8.83. The number of benzene rings is 1. The molecule has 0 aliphatic heterocycles. The molecule has 0 fully saturated rings. The first-order valence-corrected chi connectivity index (χ1v) is 5.27. The zero-order valence-electron chi connectivity index (χ0n) is 9.21. The predicted molar refractivity (Wildman–Crippen MR) is 62.1 cm³/mol. The topological polar surface area (TPSA) is 97.2 Å². The molecule has 0 aliphatic rings. The number of rotatable bonds is 5. The van der Waals surface area contributed by atoms with Crippen molar-refractivity contribution in [3.63, 3.8) is 0 Å². The van der Waals surface area contributed by atoms with Gasteiger partial charge in [0.05, 0.1) is 6.61 Å². The molecule has 0 spiro atoms. The summed E-state index contributed by atoms with van der Waals surface area (Å²) in [5.74, 6) is 0.225. The van der Waals surface area contributed by atoms with E-state index in [4.69, 9.17) is 15.3 Å². The summed E-state index contributed by atoms with van der Waals surface area (Å²) in [6.07, 6.45) is 0. The van der Waals surface area contributed by atoms with Gasteiger partial charge in [-0.1, -0.05) is 35.4 Å². The highest BCUT2D eigenvalue weighted by atomic mass is 16.4. The first-order chi connectivity index (χ1) is 8.29. The summed E-state index contributed by atoms with van der Waals surface area (Å²) in [5, 5.41) is 19.3. The first-order valence-electron chi connectivity index (χ1n) is 5.27. The van der Waals surface area contributed by atoms with Crippen LogP contribution < -0.4 is 11.1 Å². The minimum atomic E-state index is -0.630. The van der Waals surface area contributed by atoms with Crippen LogP contribution in [0.15, 0.2) is 34.7 Å². The van der Waals surface area contributed by atoms with E-state index in [9.17, 15) is 0 Å². The van der Waals surface area contributed by atoms with Crippen molar-refractivity contribution in [3.8, 4) is 0 Å². The molecular formula is C11H14N4O2. The number of hydrogen-bond donors (Lipinski definition) is 3. The lowest BCUT2D eigenvalue weighted by atomic mass is 10.2. The van der Waals surface area contributed by atoms with Gasteiger partial charge in [-0.05, 0) is 5.56 Å². The number of nitrogens with zero attached hydrogens (tertiary/aromatic N) is 2. The SMILES string of the molecule is NC(CO)c1nnc(NCc2ccccc2)o1. The van der Waals surface area contributed by atoms with Crippen LogP contribution in [0.25, 0.3) is 0 Å². The summed E-state index contributed by atoms with van der Waals surface area (Å²) >= 11 is 0. The van der Waals surface area contributed by atoms with Crippen LogP contribution in [0.5, 0.6) is 0 Å². The van der Waals surface area contributed by atoms with E-state index in [-0.39, 0.29) is 12.5 Å². The molecule has 90 valence electrons. The Morgan fingerprint density at radius 2 is 2.06 bits per heavy atom. The number of anilines is 1. The molecule has 2 rings (SSSR count). The Bertz CT molecular complexity index is 458. The summed E-state index contributed by atoms with van der Waals surface area (Å²) in [5.41, 5.74) is 6.65. The number of nitrogens with two attached hydrogens (primary N) is 1. The van der Waals surface area contributed by atoms with E-state index >= 15 is 0 Å². The van der Waals surface area contributed by atoms with Crippen LogP contribution in [-0.2, 0) is 6.54 Å². The van der Waals surface area contributed by atoms with Crippen LogP contribution in [-0.4, -0.2) is 21.9 Å². The molecule has 0 saturated carbocycles. The lowest BCUT2D eigenvalue weighted by Gasteiger charge is -2.02. The minimum absolute atomic E-state index is 0.222. The number of nitrogens with one attached hydrogen (secondary N) is 1. The third-order valence-electron chi connectivity index (χ3n) is 2.24. The van der Waals surface area contributed by atoms with E-state index in [1.807, 2.05) is 30.3 Å². The van der Waals surface area contributed by atoms with Crippen molar-refractivity contribution in [2.45, 2.75) is 12.6 Å². The van der Waals surface area contributed by atoms with Crippen molar-refractivity contribution >= 4 is 6.01 Å². The highest BCUT2D eigenvalue weighted by molar-refractivity contribution is 5.23. The van der Waals surface area contributed by atoms with Gasteiger partial charge in [-0.15, -0.1) is 5.10 Å². The van der Waals surface area contributed by atoms with Crippen LogP contribution in [0.2, 0.25) is 0 Å². The molecule has 0 radical (unpaired) electrons. The summed E-state index contributed by atoms with van der Waals surface area (Å²) < 4.78 is 5.24. The van der Waals surface area contributed by atoms with Gasteiger partial charge in [0.15, 0.2) is 0 Å². The van der Waals surface area contributed by atoms with Gasteiger partial charge >= 0.3 is 6.01 Å². The van der Waals surface area contributed by atoms with Gasteiger partial charge in [0.1, 0.15) is 6.04 Å². The Morgan fingerprint density at radius 1 is 1.29 bits per heavy atom. The number of aliphatic hydroxyl groups excluding tert-OH is 1. The lowest BCUT2D eigenvalue weighted by Crippen LogP contribution is -2.14. The van der Waals surface area contributed by atoms with Crippen LogP contribution >= 0.6 is 0 Å². The number of aromatic nitrogens is 2. The van der Waals surface area contributed by atoms with Crippen molar-refractivity contribution < 1.29 is 9.52 Å². The summed E-state index contributed by atoms with van der Waals surface area (Å²) in [6, 6.07) is 9.51. The molecule has 0 amide bonds. The fourth-order valence-corrected chi connectivity index (χ4v) is 1.31. The average molecular weight is 234 g/mol. The Balaban J connectivity index is 1.94. The Morgan fingerprint density at radius 3 is 2.76 bits per heavy atom. The predicted octanol–water partition coefficient (Wildman–Crippen LogP) is 0.674. The van der Waals surface area contributed by atoms with Gasteiger partial charge in [-0.25, -0.2) is 0 Å². The fourth-order valence-electron chi connectivity index (χ4n) is 1.31. The Hall–Kier alpha value is -1.92. The summed E-state index contributed by atoms with van der Waals surface area (Å²) in [6.45, 7) is 0.372. The monoisotopic (exact) mass is 234 g/mol. The molecule has 0 saturated heterocycles. The second kappa shape index (κ2) is 5.42. The van der Waals surface area contributed by atoms with E-state index in [1.165, 1.54) is 0 Å². The van der Waals surface area contributed by atoms with Crippen LogP contribution in [0.3, 0.4) is 0 Å². The molecule has 17 heavy (non-hydrogen) atoms. The molecule has 0 aliphatic carbocycles. The van der Waals surface area contributed by atoms with Crippen molar-refractivity contribution in [1.82, 2.24) is 10.2 Å². The molecule has 0 bridgehead atoms. The third-order valence-corrected chi connectivity index (χ3v) is 2.24. The zero-order chi connectivity index (χ0) is 12.1. The minimum Gasteiger partial charge on any atom is -0.406 e. The number of hydrogen-bond acceptors (Lipinski definition) is 6. The maximum absolute atomic E-state index is 8.83. The van der Waals surface area contributed by atoms with Gasteiger partial charge in [-0.3, -0.25) is 0 Å². The largest absolute Gasteiger partial charge is 0.406 e. The molecule has 6 heteroatoms. The molecule has 1 heterocycles. The molecule has 6 nitrogen and oxygen atoms in total. The van der Waals surface area contributed by atoms with Crippen molar-refractivity contribution in [1.29, 1.82) is 0 Å². The van der Waals surface area contributed by atoms with Gasteiger partial charge in [-0.2, -0.15) is 0 Å². The second-order valence-corrected chi connectivity index (χ2v) is 3.57. The highest BCUT2D eigenvalue weighted by Gasteiger charge is 2.12. The van der Waals surface area contributed by atoms with Gasteiger partial charge in [0, 0.05) is 6.54 Å². The zero-order valence-corrected chi connectivity index (χ0v) is 9.21. The van der Waals surface area contributed by atoms with Gasteiger partial charge in [0.2, 0.25) is 5.89 Å². The molecular weight excluding hydrogens is 220 g/mol. The van der Waals surface area contributed by atoms with Crippen LogP contribution in [0.4, 0.5) is 6.01 Å². The van der Waals surface area contributed by atoms with Crippen molar-refractivity contribution in [3.05, 3.63) is 41.8 Å². The van der Waals surface area contributed by atoms with E-state index in [0.29, 0.717) is 12.6 Å². The summed E-state index contributed by atoms with van der Waals surface area (Å²) in [4.78, 5) is 0. The van der Waals surface area contributed by atoms with E-state index in [2.05, 4.69) is 15.5 Å². The smallest absolute Gasteiger partial charge is 0.315 e. The van der Waals surface area contributed by atoms with E-state index in [1.54, 1.807) is 0 Å². The Labute approximate surface area is 98.5 Å². The van der Waals surface area contributed by atoms with Crippen molar-refractivity contribution in [2.75, 3.05) is 11.9 Å². The summed E-state index contributed by atoms with van der Waals surface area (Å²) in [7, 11) is 0. The molecule has 1 aromatic heterocycles. The van der Waals surface area contributed by atoms with Gasteiger partial charge in [0.25, 0.3) is 0 Å². The quantitative estimate of drug-likeness (QED) is 0.703. The van der Waals surface area contributed by atoms with E-state index < -0.39 is 6.04 Å². The number of aliphatic hydroxyl groups is 1. The maximum Gasteiger partial charge on any atom is 0.315 e. The highest BCUT2D eigenvalue weighted by Crippen LogP contribution is 2.12. The molecule has 4 N–H and O–H groups in total. The second-order valence-electron chi connectivity index (χ2n) is 3.57. The third kappa shape index (κ3) is 3.02. The standard InChI is InChI=1S/C11H14N4O2/c12-9(7-16)10-14-15-11(17-10)13-6-8-4-2-1-3-5-8/h1-5,9,16H,6-7,12H2,(H,13,15).